The Bertz CT molecular complexity index is 539. The number of hydrogen-bond acceptors (Lipinski definition) is 5. The molecule has 1 aromatic rings. The Balaban J connectivity index is 2.05. The van der Waals surface area contributed by atoms with Crippen LogP contribution in [-0.4, -0.2) is 59.2 Å². The molecule has 118 valence electrons. The summed E-state index contributed by atoms with van der Waals surface area (Å²) in [6.45, 7) is 2.36. The Kier molecular flexibility index (Phi) is 5.58. The Morgan fingerprint density at radius 3 is 2.67 bits per heavy atom. The van der Waals surface area contributed by atoms with Crippen LogP contribution in [0.4, 0.5) is 0 Å². The zero-order valence-electron chi connectivity index (χ0n) is 12.4. The Morgan fingerprint density at radius 1 is 1.38 bits per heavy atom. The van der Waals surface area contributed by atoms with Gasteiger partial charge in [0.05, 0.1) is 17.5 Å². The number of ether oxygens (including phenoxy) is 2. The van der Waals surface area contributed by atoms with Crippen molar-refractivity contribution in [3.63, 3.8) is 0 Å². The van der Waals surface area contributed by atoms with Gasteiger partial charge in [-0.2, -0.15) is 4.31 Å². The van der Waals surface area contributed by atoms with Gasteiger partial charge >= 0.3 is 0 Å². The second kappa shape index (κ2) is 7.22. The number of likely N-dealkylation sites (N-methyl/N-ethyl adjacent to an activating group) is 2. The maximum absolute atomic E-state index is 12.5. The highest BCUT2D eigenvalue weighted by Crippen LogP contribution is 2.22. The van der Waals surface area contributed by atoms with E-state index in [4.69, 9.17) is 9.47 Å². The third-order valence-electron chi connectivity index (χ3n) is 3.54. The summed E-state index contributed by atoms with van der Waals surface area (Å²) < 4.78 is 37.2. The molecular weight excluding hydrogens is 292 g/mol. The van der Waals surface area contributed by atoms with Gasteiger partial charge in [-0.1, -0.05) is 0 Å². The summed E-state index contributed by atoms with van der Waals surface area (Å²) in [5, 5.41) is 2.98. The quantitative estimate of drug-likeness (QED) is 0.750. The topological polar surface area (TPSA) is 67.9 Å². The van der Waals surface area contributed by atoms with E-state index in [0.29, 0.717) is 25.6 Å². The lowest BCUT2D eigenvalue weighted by molar-refractivity contribution is 0.181. The molecule has 1 unspecified atom stereocenters. The molecule has 0 bridgehead atoms. The third kappa shape index (κ3) is 3.94. The number of nitrogens with zero attached hydrogens (tertiary/aromatic N) is 1. The van der Waals surface area contributed by atoms with Crippen LogP contribution in [0.25, 0.3) is 0 Å². The van der Waals surface area contributed by atoms with Gasteiger partial charge < -0.3 is 14.8 Å². The van der Waals surface area contributed by atoms with Crippen molar-refractivity contribution in [1.82, 2.24) is 9.62 Å². The molecular formula is C14H22N2O4S. The highest BCUT2D eigenvalue weighted by molar-refractivity contribution is 7.89. The van der Waals surface area contributed by atoms with Crippen molar-refractivity contribution in [3.8, 4) is 5.75 Å². The number of rotatable bonds is 7. The molecule has 0 aromatic heterocycles. The maximum atomic E-state index is 12.5. The number of nitrogens with one attached hydrogen (secondary N) is 1. The Labute approximate surface area is 126 Å². The first-order chi connectivity index (χ1) is 10.1. The van der Waals surface area contributed by atoms with Gasteiger partial charge in [-0.15, -0.1) is 0 Å². The molecule has 1 aliphatic rings. The van der Waals surface area contributed by atoms with Crippen LogP contribution in [0.1, 0.15) is 6.42 Å². The van der Waals surface area contributed by atoms with E-state index in [1.165, 1.54) is 4.31 Å². The zero-order chi connectivity index (χ0) is 15.3. The van der Waals surface area contributed by atoms with Gasteiger partial charge in [-0.25, -0.2) is 8.42 Å². The zero-order valence-corrected chi connectivity index (χ0v) is 13.2. The summed E-state index contributed by atoms with van der Waals surface area (Å²) in [4.78, 5) is 0.276. The average Bonchev–Trinajstić information content (AvgIpc) is 3.01. The molecule has 1 atom stereocenters. The lowest BCUT2D eigenvalue weighted by Gasteiger charge is -2.22. The fraction of sp³-hybridized carbons (Fsp3) is 0.571. The maximum Gasteiger partial charge on any atom is 0.243 e. The van der Waals surface area contributed by atoms with Crippen LogP contribution in [0, 0.1) is 0 Å². The van der Waals surface area contributed by atoms with E-state index in [-0.39, 0.29) is 10.9 Å². The van der Waals surface area contributed by atoms with Gasteiger partial charge in [0.2, 0.25) is 10.0 Å². The number of sulfonamides is 1. The van der Waals surface area contributed by atoms with E-state index in [1.807, 2.05) is 7.05 Å². The van der Waals surface area contributed by atoms with Gasteiger partial charge in [0.15, 0.2) is 0 Å². The largest absolute Gasteiger partial charge is 0.492 e. The first-order valence-corrected chi connectivity index (χ1v) is 8.43. The van der Waals surface area contributed by atoms with Crippen LogP contribution >= 0.6 is 0 Å². The van der Waals surface area contributed by atoms with Crippen molar-refractivity contribution < 1.29 is 17.9 Å². The molecule has 1 heterocycles. The van der Waals surface area contributed by atoms with E-state index >= 15 is 0 Å². The van der Waals surface area contributed by atoms with Crippen LogP contribution < -0.4 is 10.1 Å². The first kappa shape index (κ1) is 16.2. The van der Waals surface area contributed by atoms with Gasteiger partial charge in [0, 0.05) is 20.2 Å². The molecule has 0 radical (unpaired) electrons. The van der Waals surface area contributed by atoms with Gasteiger partial charge in [-0.05, 0) is 37.7 Å². The highest BCUT2D eigenvalue weighted by atomic mass is 32.2. The molecule has 7 heteroatoms. The minimum absolute atomic E-state index is 0.0819. The van der Waals surface area contributed by atoms with Crippen LogP contribution in [-0.2, 0) is 14.8 Å². The third-order valence-corrected chi connectivity index (χ3v) is 5.47. The van der Waals surface area contributed by atoms with E-state index in [9.17, 15) is 8.42 Å². The molecule has 2 rings (SSSR count). The fourth-order valence-electron chi connectivity index (χ4n) is 2.15. The first-order valence-electron chi connectivity index (χ1n) is 6.99. The molecule has 1 N–H and O–H groups in total. The normalized spacial score (nSPS) is 19.1. The second-order valence-electron chi connectivity index (χ2n) is 4.96. The predicted molar refractivity (Wildman–Crippen MR) is 80.0 cm³/mol. The van der Waals surface area contributed by atoms with Crippen molar-refractivity contribution in [3.05, 3.63) is 24.3 Å². The minimum Gasteiger partial charge on any atom is -0.492 e. The van der Waals surface area contributed by atoms with Crippen molar-refractivity contribution in [2.75, 3.05) is 40.5 Å². The van der Waals surface area contributed by atoms with Crippen LogP contribution in [0.3, 0.4) is 0 Å². The predicted octanol–water partition coefficient (Wildman–Crippen LogP) is 0.694. The monoisotopic (exact) mass is 314 g/mol. The Morgan fingerprint density at radius 2 is 2.10 bits per heavy atom. The van der Waals surface area contributed by atoms with E-state index in [2.05, 4.69) is 5.32 Å². The molecule has 0 aliphatic carbocycles. The lowest BCUT2D eigenvalue weighted by Crippen LogP contribution is -2.37. The molecule has 1 aliphatic heterocycles. The average molecular weight is 314 g/mol. The SMILES string of the molecule is CNCCOc1ccc(S(=O)(=O)N(C)C2CCOC2)cc1. The summed E-state index contributed by atoms with van der Waals surface area (Å²) in [7, 11) is -0.0269. The van der Waals surface area contributed by atoms with Crippen LogP contribution in [0.2, 0.25) is 0 Å². The van der Waals surface area contributed by atoms with E-state index < -0.39 is 10.0 Å². The van der Waals surface area contributed by atoms with Crippen LogP contribution in [0.15, 0.2) is 29.2 Å². The summed E-state index contributed by atoms with van der Waals surface area (Å²) >= 11 is 0. The molecule has 6 nitrogen and oxygen atoms in total. The standard InChI is InChI=1S/C14H22N2O4S/c1-15-8-10-20-13-3-5-14(6-4-13)21(17,18)16(2)12-7-9-19-11-12/h3-6,12,15H,7-11H2,1-2H3. The molecule has 1 saturated heterocycles. The summed E-state index contributed by atoms with van der Waals surface area (Å²) in [6.07, 6.45) is 0.737. The summed E-state index contributed by atoms with van der Waals surface area (Å²) in [5.41, 5.74) is 0. The van der Waals surface area contributed by atoms with Gasteiger partial charge in [-0.3, -0.25) is 0 Å². The molecule has 1 fully saturated rings. The molecule has 21 heavy (non-hydrogen) atoms. The van der Waals surface area contributed by atoms with Crippen LogP contribution in [0.5, 0.6) is 5.75 Å². The van der Waals surface area contributed by atoms with Gasteiger partial charge in [0.1, 0.15) is 12.4 Å². The second-order valence-corrected chi connectivity index (χ2v) is 6.96. The van der Waals surface area contributed by atoms with E-state index in [1.54, 1.807) is 31.3 Å². The van der Waals surface area contributed by atoms with Gasteiger partial charge in [0.25, 0.3) is 0 Å². The Hall–Kier alpha value is -1.15. The fourth-order valence-corrected chi connectivity index (χ4v) is 3.52. The molecule has 0 amide bonds. The number of benzene rings is 1. The summed E-state index contributed by atoms with van der Waals surface area (Å²) in [5.74, 6) is 0.663. The summed E-state index contributed by atoms with van der Waals surface area (Å²) in [6, 6.07) is 6.44. The highest BCUT2D eigenvalue weighted by Gasteiger charge is 2.30. The molecule has 0 saturated carbocycles. The number of hydrogen-bond donors (Lipinski definition) is 1. The van der Waals surface area contributed by atoms with Crippen molar-refractivity contribution >= 4 is 10.0 Å². The van der Waals surface area contributed by atoms with Crippen molar-refractivity contribution in [1.29, 1.82) is 0 Å². The lowest BCUT2D eigenvalue weighted by atomic mass is 10.3. The molecule has 0 spiro atoms. The smallest absolute Gasteiger partial charge is 0.243 e. The van der Waals surface area contributed by atoms with E-state index in [0.717, 1.165) is 13.0 Å². The van der Waals surface area contributed by atoms with Crippen molar-refractivity contribution in [2.45, 2.75) is 17.4 Å². The molecule has 1 aromatic carbocycles. The minimum atomic E-state index is -3.48. The van der Waals surface area contributed by atoms with Crippen molar-refractivity contribution in [2.24, 2.45) is 0 Å².